The maximum Gasteiger partial charge on any atom is 0.0534 e. The molecule has 0 saturated carbocycles. The largest absolute Gasteiger partial charge is 0.381 e. The molecule has 4 heteroatoms. The van der Waals surface area contributed by atoms with Gasteiger partial charge in [0.25, 0.3) is 0 Å². The molecule has 0 bridgehead atoms. The first-order valence-corrected chi connectivity index (χ1v) is 5.68. The molecule has 1 aromatic rings. The van der Waals surface area contributed by atoms with Crippen LogP contribution in [0.25, 0.3) is 0 Å². The molecule has 0 aromatic carbocycles. The molecule has 15 heavy (non-hydrogen) atoms. The van der Waals surface area contributed by atoms with Crippen LogP contribution in [0.1, 0.15) is 18.9 Å². The second-order valence-electron chi connectivity index (χ2n) is 4.08. The fourth-order valence-electron chi connectivity index (χ4n) is 1.86. The standard InChI is InChI=1S/C11H19N3O/c1-2-12-5-11-6-13-14(8-11)7-10-3-4-15-9-10/h6,8,10,12H,2-5,7,9H2,1H3. The zero-order valence-electron chi connectivity index (χ0n) is 9.28. The minimum atomic E-state index is 0.650. The molecule has 1 aromatic heterocycles. The highest BCUT2D eigenvalue weighted by Gasteiger charge is 2.16. The zero-order valence-corrected chi connectivity index (χ0v) is 9.28. The van der Waals surface area contributed by atoms with Gasteiger partial charge in [0.05, 0.1) is 12.8 Å². The van der Waals surface area contributed by atoms with E-state index >= 15 is 0 Å². The molecule has 0 spiro atoms. The van der Waals surface area contributed by atoms with Gasteiger partial charge in [-0.25, -0.2) is 0 Å². The summed E-state index contributed by atoms with van der Waals surface area (Å²) in [5.41, 5.74) is 1.26. The summed E-state index contributed by atoms with van der Waals surface area (Å²) < 4.78 is 7.38. The first-order valence-electron chi connectivity index (χ1n) is 5.68. The Morgan fingerprint density at radius 3 is 3.33 bits per heavy atom. The van der Waals surface area contributed by atoms with Crippen molar-refractivity contribution < 1.29 is 4.74 Å². The zero-order chi connectivity index (χ0) is 10.5. The van der Waals surface area contributed by atoms with Gasteiger partial charge in [-0.1, -0.05) is 6.92 Å². The van der Waals surface area contributed by atoms with Gasteiger partial charge in [-0.2, -0.15) is 5.10 Å². The van der Waals surface area contributed by atoms with Crippen LogP contribution in [0.4, 0.5) is 0 Å². The van der Waals surface area contributed by atoms with Crippen molar-refractivity contribution in [3.8, 4) is 0 Å². The summed E-state index contributed by atoms with van der Waals surface area (Å²) in [5, 5.41) is 7.65. The van der Waals surface area contributed by atoms with Crippen molar-refractivity contribution in [2.45, 2.75) is 26.4 Å². The maximum atomic E-state index is 5.35. The molecule has 1 atom stereocenters. The Bertz CT molecular complexity index is 292. The predicted octanol–water partition coefficient (Wildman–Crippen LogP) is 1.03. The van der Waals surface area contributed by atoms with E-state index in [-0.39, 0.29) is 0 Å². The number of hydrogen-bond acceptors (Lipinski definition) is 3. The third-order valence-electron chi connectivity index (χ3n) is 2.74. The van der Waals surface area contributed by atoms with Crippen LogP contribution in [0, 0.1) is 5.92 Å². The topological polar surface area (TPSA) is 39.1 Å². The summed E-state index contributed by atoms with van der Waals surface area (Å²) in [6.45, 7) is 6.82. The molecule has 1 aliphatic heterocycles. The van der Waals surface area contributed by atoms with Gasteiger partial charge in [-0.3, -0.25) is 4.68 Å². The average molecular weight is 209 g/mol. The van der Waals surface area contributed by atoms with Crippen molar-refractivity contribution in [1.82, 2.24) is 15.1 Å². The Kier molecular flexibility index (Phi) is 3.75. The van der Waals surface area contributed by atoms with Crippen LogP contribution in [0.15, 0.2) is 12.4 Å². The van der Waals surface area contributed by atoms with E-state index in [1.54, 1.807) is 0 Å². The quantitative estimate of drug-likeness (QED) is 0.787. The SMILES string of the molecule is CCNCc1cnn(CC2CCOC2)c1. The van der Waals surface area contributed by atoms with Gasteiger partial charge in [-0.15, -0.1) is 0 Å². The number of aromatic nitrogens is 2. The summed E-state index contributed by atoms with van der Waals surface area (Å²) >= 11 is 0. The van der Waals surface area contributed by atoms with Crippen molar-refractivity contribution in [2.75, 3.05) is 19.8 Å². The number of ether oxygens (including phenoxy) is 1. The number of hydrogen-bond donors (Lipinski definition) is 1. The average Bonchev–Trinajstić information content (AvgIpc) is 2.87. The molecule has 1 saturated heterocycles. The minimum absolute atomic E-state index is 0.650. The van der Waals surface area contributed by atoms with Crippen LogP contribution in [0.2, 0.25) is 0 Å². The van der Waals surface area contributed by atoms with Crippen molar-refractivity contribution in [3.05, 3.63) is 18.0 Å². The highest BCUT2D eigenvalue weighted by molar-refractivity contribution is 5.03. The second kappa shape index (κ2) is 5.28. The van der Waals surface area contributed by atoms with Gasteiger partial charge in [0.15, 0.2) is 0 Å². The van der Waals surface area contributed by atoms with E-state index in [1.165, 1.54) is 12.0 Å². The lowest BCUT2D eigenvalue weighted by Crippen LogP contribution is -2.12. The summed E-state index contributed by atoms with van der Waals surface area (Å²) in [5.74, 6) is 0.650. The van der Waals surface area contributed by atoms with Gasteiger partial charge in [-0.05, 0) is 13.0 Å². The lowest BCUT2D eigenvalue weighted by atomic mass is 10.1. The van der Waals surface area contributed by atoms with Crippen molar-refractivity contribution >= 4 is 0 Å². The van der Waals surface area contributed by atoms with Crippen molar-refractivity contribution in [2.24, 2.45) is 5.92 Å². The van der Waals surface area contributed by atoms with Crippen LogP contribution >= 0.6 is 0 Å². The summed E-state index contributed by atoms with van der Waals surface area (Å²) in [6, 6.07) is 0. The van der Waals surface area contributed by atoms with Gasteiger partial charge < -0.3 is 10.1 Å². The summed E-state index contributed by atoms with van der Waals surface area (Å²) in [4.78, 5) is 0. The second-order valence-corrected chi connectivity index (χ2v) is 4.08. The highest BCUT2D eigenvalue weighted by Crippen LogP contribution is 2.14. The molecule has 2 rings (SSSR count). The van der Waals surface area contributed by atoms with E-state index in [9.17, 15) is 0 Å². The molecule has 0 radical (unpaired) electrons. The third-order valence-corrected chi connectivity index (χ3v) is 2.74. The van der Waals surface area contributed by atoms with Crippen LogP contribution in [0.3, 0.4) is 0 Å². The van der Waals surface area contributed by atoms with Crippen molar-refractivity contribution in [3.63, 3.8) is 0 Å². The van der Waals surface area contributed by atoms with Crippen LogP contribution in [0.5, 0.6) is 0 Å². The molecule has 2 heterocycles. The molecule has 0 aliphatic carbocycles. The smallest absolute Gasteiger partial charge is 0.0534 e. The Morgan fingerprint density at radius 1 is 1.67 bits per heavy atom. The van der Waals surface area contributed by atoms with Gasteiger partial charge >= 0.3 is 0 Å². The number of rotatable bonds is 5. The van der Waals surface area contributed by atoms with Gasteiger partial charge in [0.2, 0.25) is 0 Å². The van der Waals surface area contributed by atoms with E-state index in [1.807, 2.05) is 10.9 Å². The summed E-state index contributed by atoms with van der Waals surface area (Å²) in [6.07, 6.45) is 5.24. The Labute approximate surface area is 90.6 Å². The van der Waals surface area contributed by atoms with Crippen LogP contribution in [-0.2, 0) is 17.8 Å². The molecule has 84 valence electrons. The Balaban J connectivity index is 1.83. The molecule has 1 N–H and O–H groups in total. The fraction of sp³-hybridized carbons (Fsp3) is 0.727. The van der Waals surface area contributed by atoms with Crippen LogP contribution in [-0.4, -0.2) is 29.5 Å². The number of nitrogens with one attached hydrogen (secondary N) is 1. The van der Waals surface area contributed by atoms with Gasteiger partial charge in [0.1, 0.15) is 0 Å². The van der Waals surface area contributed by atoms with E-state index in [4.69, 9.17) is 4.74 Å². The highest BCUT2D eigenvalue weighted by atomic mass is 16.5. The molecule has 0 amide bonds. The molecule has 1 unspecified atom stereocenters. The van der Waals surface area contributed by atoms with E-state index < -0.39 is 0 Å². The molecule has 1 aliphatic rings. The number of nitrogens with zero attached hydrogens (tertiary/aromatic N) is 2. The first kappa shape index (κ1) is 10.6. The fourth-order valence-corrected chi connectivity index (χ4v) is 1.86. The normalized spacial score (nSPS) is 21.0. The summed E-state index contributed by atoms with van der Waals surface area (Å²) in [7, 11) is 0. The monoisotopic (exact) mass is 209 g/mol. The molecule has 1 fully saturated rings. The Hall–Kier alpha value is -0.870. The van der Waals surface area contributed by atoms with Crippen LogP contribution < -0.4 is 5.32 Å². The van der Waals surface area contributed by atoms with E-state index in [0.29, 0.717) is 5.92 Å². The third kappa shape index (κ3) is 3.04. The minimum Gasteiger partial charge on any atom is -0.381 e. The Morgan fingerprint density at radius 2 is 2.60 bits per heavy atom. The van der Waals surface area contributed by atoms with E-state index in [2.05, 4.69) is 23.5 Å². The lowest BCUT2D eigenvalue weighted by Gasteiger charge is -2.06. The molecule has 4 nitrogen and oxygen atoms in total. The van der Waals surface area contributed by atoms with Crippen molar-refractivity contribution in [1.29, 1.82) is 0 Å². The molecular formula is C11H19N3O. The van der Waals surface area contributed by atoms with Gasteiger partial charge in [0, 0.05) is 37.4 Å². The maximum absolute atomic E-state index is 5.35. The van der Waals surface area contributed by atoms with E-state index in [0.717, 1.165) is 32.8 Å². The predicted molar refractivity (Wildman–Crippen MR) is 58.5 cm³/mol. The lowest BCUT2D eigenvalue weighted by molar-refractivity contribution is 0.181. The molecular weight excluding hydrogens is 190 g/mol. The first-order chi connectivity index (χ1) is 7.38.